The molecule has 1 amide bonds. The number of nitrogens with zero attached hydrogens (tertiary/aromatic N) is 1. The summed E-state index contributed by atoms with van der Waals surface area (Å²) >= 11 is 0. The summed E-state index contributed by atoms with van der Waals surface area (Å²) in [6, 6.07) is 8.88. The number of hydrogen-bond acceptors (Lipinski definition) is 4. The summed E-state index contributed by atoms with van der Waals surface area (Å²) in [5.41, 5.74) is 0.934. The van der Waals surface area contributed by atoms with Gasteiger partial charge in [0.2, 0.25) is 10.0 Å². The van der Waals surface area contributed by atoms with E-state index in [1.165, 1.54) is 0 Å². The first-order valence-corrected chi connectivity index (χ1v) is 8.63. The molecule has 0 fully saturated rings. The van der Waals surface area contributed by atoms with E-state index in [2.05, 4.69) is 4.72 Å². The van der Waals surface area contributed by atoms with Crippen molar-refractivity contribution in [3.8, 4) is 0 Å². The molecule has 0 radical (unpaired) electrons. The zero-order valence-corrected chi connectivity index (χ0v) is 13.9. The quantitative estimate of drug-likeness (QED) is 0.823. The van der Waals surface area contributed by atoms with E-state index in [1.807, 2.05) is 44.2 Å². The summed E-state index contributed by atoms with van der Waals surface area (Å²) in [5.74, 6) is -0.534. The van der Waals surface area contributed by atoms with E-state index in [0.717, 1.165) is 5.56 Å². The number of carbonyl (C=O) groups excluding carboxylic acids is 1. The lowest BCUT2D eigenvalue weighted by atomic mass is 10.0. The number of amides is 1. The number of rotatable bonds is 7. The Morgan fingerprint density at radius 2 is 1.76 bits per heavy atom. The highest BCUT2D eigenvalue weighted by Gasteiger charge is 2.27. The van der Waals surface area contributed by atoms with Gasteiger partial charge in [0.15, 0.2) is 0 Å². The van der Waals surface area contributed by atoms with Gasteiger partial charge in [0.25, 0.3) is 5.91 Å². The normalized spacial score (nSPS) is 13.4. The summed E-state index contributed by atoms with van der Waals surface area (Å²) in [6.45, 7) is 3.78. The number of aryl methyl sites for hydroxylation is 1. The highest BCUT2D eigenvalue weighted by atomic mass is 32.2. The Morgan fingerprint density at radius 3 is 2.24 bits per heavy atom. The van der Waals surface area contributed by atoms with E-state index in [4.69, 9.17) is 0 Å². The van der Waals surface area contributed by atoms with Crippen LogP contribution in [0.3, 0.4) is 0 Å². The maximum atomic E-state index is 12.1. The SMILES string of the molecule is CC(C)[C@@H](C(=O)NS(=O)(=O)CCc1ccccc1)N(C)C. The molecule has 0 spiro atoms. The highest BCUT2D eigenvalue weighted by molar-refractivity contribution is 7.90. The largest absolute Gasteiger partial charge is 0.298 e. The Hall–Kier alpha value is -1.40. The van der Waals surface area contributed by atoms with Crippen LogP contribution in [-0.4, -0.2) is 45.1 Å². The van der Waals surface area contributed by atoms with Crippen molar-refractivity contribution in [1.82, 2.24) is 9.62 Å². The fraction of sp³-hybridized carbons (Fsp3) is 0.533. The minimum absolute atomic E-state index is 0.0318. The Labute approximate surface area is 127 Å². The van der Waals surface area contributed by atoms with Gasteiger partial charge in [-0.25, -0.2) is 8.42 Å². The molecular formula is C15H24N2O3S. The molecule has 5 nitrogen and oxygen atoms in total. The van der Waals surface area contributed by atoms with Gasteiger partial charge in [0.1, 0.15) is 0 Å². The van der Waals surface area contributed by atoms with E-state index >= 15 is 0 Å². The van der Waals surface area contributed by atoms with Crippen molar-refractivity contribution >= 4 is 15.9 Å². The van der Waals surface area contributed by atoms with Crippen LogP contribution >= 0.6 is 0 Å². The molecule has 6 heteroatoms. The first-order chi connectivity index (χ1) is 9.73. The molecule has 21 heavy (non-hydrogen) atoms. The van der Waals surface area contributed by atoms with Gasteiger partial charge in [-0.1, -0.05) is 44.2 Å². The van der Waals surface area contributed by atoms with Gasteiger partial charge in [-0.05, 0) is 32.0 Å². The third-order valence-electron chi connectivity index (χ3n) is 3.21. The third-order valence-corrected chi connectivity index (χ3v) is 4.47. The third kappa shape index (κ3) is 5.85. The maximum Gasteiger partial charge on any atom is 0.251 e. The summed E-state index contributed by atoms with van der Waals surface area (Å²) in [5, 5.41) is 0. The second-order valence-electron chi connectivity index (χ2n) is 5.67. The van der Waals surface area contributed by atoms with Crippen molar-refractivity contribution in [2.24, 2.45) is 5.92 Å². The number of sulfonamides is 1. The van der Waals surface area contributed by atoms with E-state index in [1.54, 1.807) is 19.0 Å². The monoisotopic (exact) mass is 312 g/mol. The molecule has 1 aromatic rings. The van der Waals surface area contributed by atoms with Crippen LogP contribution in [0.1, 0.15) is 19.4 Å². The minimum Gasteiger partial charge on any atom is -0.298 e. The van der Waals surface area contributed by atoms with Crippen LogP contribution in [0, 0.1) is 5.92 Å². The van der Waals surface area contributed by atoms with Gasteiger partial charge in [-0.2, -0.15) is 0 Å². The highest BCUT2D eigenvalue weighted by Crippen LogP contribution is 2.08. The second-order valence-corrected chi connectivity index (χ2v) is 7.52. The lowest BCUT2D eigenvalue weighted by Gasteiger charge is -2.26. The van der Waals surface area contributed by atoms with Gasteiger partial charge in [-0.15, -0.1) is 0 Å². The number of nitrogens with one attached hydrogen (secondary N) is 1. The van der Waals surface area contributed by atoms with Crippen molar-refractivity contribution < 1.29 is 13.2 Å². The molecule has 118 valence electrons. The molecule has 0 aliphatic rings. The van der Waals surface area contributed by atoms with Crippen molar-refractivity contribution in [3.63, 3.8) is 0 Å². The molecule has 0 aliphatic heterocycles. The molecule has 1 aromatic carbocycles. The van der Waals surface area contributed by atoms with Crippen molar-refractivity contribution in [1.29, 1.82) is 0 Å². The maximum absolute atomic E-state index is 12.1. The Bertz CT molecular complexity index is 546. The van der Waals surface area contributed by atoms with Crippen molar-refractivity contribution in [3.05, 3.63) is 35.9 Å². The molecule has 0 saturated heterocycles. The number of benzene rings is 1. The molecule has 0 heterocycles. The van der Waals surface area contributed by atoms with Gasteiger partial charge in [0.05, 0.1) is 11.8 Å². The van der Waals surface area contributed by atoms with Crippen LogP contribution in [0.5, 0.6) is 0 Å². The fourth-order valence-electron chi connectivity index (χ4n) is 2.30. The van der Waals surface area contributed by atoms with Crippen LogP contribution < -0.4 is 4.72 Å². The molecular weight excluding hydrogens is 288 g/mol. The Morgan fingerprint density at radius 1 is 1.19 bits per heavy atom. The second kappa shape index (κ2) is 7.56. The number of carbonyl (C=O) groups is 1. The van der Waals surface area contributed by atoms with Crippen molar-refractivity contribution in [2.75, 3.05) is 19.8 Å². The van der Waals surface area contributed by atoms with Gasteiger partial charge < -0.3 is 0 Å². The lowest BCUT2D eigenvalue weighted by Crippen LogP contribution is -2.49. The molecule has 0 unspecified atom stereocenters. The standard InChI is InChI=1S/C15H24N2O3S/c1-12(2)14(17(3)4)15(18)16-21(19,20)11-10-13-8-6-5-7-9-13/h5-9,12,14H,10-11H2,1-4H3,(H,16,18)/t14-/m0/s1. The summed E-state index contributed by atoms with van der Waals surface area (Å²) in [7, 11) is -0.0878. The van der Waals surface area contributed by atoms with Crippen LogP contribution in [0.25, 0.3) is 0 Å². The van der Waals surface area contributed by atoms with Crippen molar-refractivity contribution in [2.45, 2.75) is 26.3 Å². The smallest absolute Gasteiger partial charge is 0.251 e. The predicted molar refractivity (Wildman–Crippen MR) is 84.4 cm³/mol. The fourth-order valence-corrected chi connectivity index (χ4v) is 3.33. The molecule has 1 N–H and O–H groups in total. The van der Waals surface area contributed by atoms with E-state index in [9.17, 15) is 13.2 Å². The molecule has 1 atom stereocenters. The molecule has 0 bridgehead atoms. The van der Waals surface area contributed by atoms with Gasteiger partial charge >= 0.3 is 0 Å². The summed E-state index contributed by atoms with van der Waals surface area (Å²) in [4.78, 5) is 13.9. The summed E-state index contributed by atoms with van der Waals surface area (Å²) in [6.07, 6.45) is 0.387. The molecule has 0 aromatic heterocycles. The number of hydrogen-bond donors (Lipinski definition) is 1. The average Bonchev–Trinajstić information content (AvgIpc) is 2.36. The van der Waals surface area contributed by atoms with Crippen LogP contribution in [0.2, 0.25) is 0 Å². The zero-order valence-electron chi connectivity index (χ0n) is 13.0. The van der Waals surface area contributed by atoms with Crippen LogP contribution in [-0.2, 0) is 21.2 Å². The molecule has 0 aliphatic carbocycles. The lowest BCUT2D eigenvalue weighted by molar-refractivity contribution is -0.125. The Kier molecular flexibility index (Phi) is 6.36. The predicted octanol–water partition coefficient (Wildman–Crippen LogP) is 1.26. The first-order valence-electron chi connectivity index (χ1n) is 6.97. The Balaban J connectivity index is 2.65. The van der Waals surface area contributed by atoms with E-state index in [-0.39, 0.29) is 11.7 Å². The number of likely N-dealkylation sites (N-methyl/N-ethyl adjacent to an activating group) is 1. The van der Waals surface area contributed by atoms with E-state index < -0.39 is 22.0 Å². The topological polar surface area (TPSA) is 66.5 Å². The van der Waals surface area contributed by atoms with E-state index in [0.29, 0.717) is 6.42 Å². The van der Waals surface area contributed by atoms with Gasteiger partial charge in [0, 0.05) is 0 Å². The van der Waals surface area contributed by atoms with Crippen LogP contribution in [0.4, 0.5) is 0 Å². The molecule has 1 rings (SSSR count). The van der Waals surface area contributed by atoms with Crippen LogP contribution in [0.15, 0.2) is 30.3 Å². The molecule has 0 saturated carbocycles. The minimum atomic E-state index is -3.62. The summed E-state index contributed by atoms with van der Waals surface area (Å²) < 4.78 is 26.2. The van der Waals surface area contributed by atoms with Gasteiger partial charge in [-0.3, -0.25) is 14.4 Å². The zero-order chi connectivity index (χ0) is 16.0. The average molecular weight is 312 g/mol. The first kappa shape index (κ1) is 17.7.